The van der Waals surface area contributed by atoms with Crippen LogP contribution in [0.2, 0.25) is 0 Å². The molecule has 2 aromatic heterocycles. The maximum Gasteiger partial charge on any atom is 0.272 e. The fourth-order valence-electron chi connectivity index (χ4n) is 3.32. The van der Waals surface area contributed by atoms with Crippen LogP contribution < -0.4 is 0 Å². The summed E-state index contributed by atoms with van der Waals surface area (Å²) in [6, 6.07) is 13.5. The number of benzene rings is 1. The summed E-state index contributed by atoms with van der Waals surface area (Å²) >= 11 is 0. The molecule has 1 aliphatic rings. The van der Waals surface area contributed by atoms with Gasteiger partial charge in [-0.3, -0.25) is 19.7 Å². The lowest BCUT2D eigenvalue weighted by Crippen LogP contribution is -2.51. The Bertz CT molecular complexity index is 1010. The van der Waals surface area contributed by atoms with Crippen molar-refractivity contribution in [2.24, 2.45) is 0 Å². The molecule has 0 saturated carbocycles. The van der Waals surface area contributed by atoms with Crippen molar-refractivity contribution in [2.75, 3.05) is 26.2 Å². The summed E-state index contributed by atoms with van der Waals surface area (Å²) in [4.78, 5) is 32.8. The van der Waals surface area contributed by atoms with Crippen LogP contribution in [0.25, 0.3) is 11.4 Å². The highest BCUT2D eigenvalue weighted by Crippen LogP contribution is 2.16. The number of hydrogen-bond donors (Lipinski definition) is 1. The predicted octanol–water partition coefficient (Wildman–Crippen LogP) is 2.14. The number of halogens is 1. The molecule has 0 atom stereocenters. The monoisotopic (exact) mass is 393 g/mol. The molecule has 1 saturated heterocycles. The van der Waals surface area contributed by atoms with E-state index in [4.69, 9.17) is 0 Å². The van der Waals surface area contributed by atoms with Crippen molar-refractivity contribution in [1.82, 2.24) is 25.0 Å². The molecule has 1 aliphatic heterocycles. The van der Waals surface area contributed by atoms with Gasteiger partial charge in [0, 0.05) is 32.4 Å². The standard InChI is InChI=1S/C21H20FN5O2/c22-16-6-2-1-5-15(16)13-20(28)26-9-11-27(12-10-26)21(29)19-14-18(24-25-19)17-7-3-4-8-23-17/h1-8,14H,9-13H2,(H,24,25). The minimum atomic E-state index is -0.377. The smallest absolute Gasteiger partial charge is 0.272 e. The Morgan fingerprint density at radius 2 is 1.69 bits per heavy atom. The Kier molecular flexibility index (Phi) is 5.33. The predicted molar refractivity (Wildman–Crippen MR) is 104 cm³/mol. The minimum absolute atomic E-state index is 0.0224. The van der Waals surface area contributed by atoms with Gasteiger partial charge in [0.15, 0.2) is 0 Å². The molecule has 0 unspecified atom stereocenters. The maximum absolute atomic E-state index is 13.8. The van der Waals surface area contributed by atoms with Gasteiger partial charge in [0.2, 0.25) is 5.91 Å². The maximum atomic E-state index is 13.8. The lowest BCUT2D eigenvalue weighted by molar-refractivity contribution is -0.132. The van der Waals surface area contributed by atoms with Crippen LogP contribution in [0.1, 0.15) is 16.1 Å². The quantitative estimate of drug-likeness (QED) is 0.736. The Morgan fingerprint density at radius 1 is 0.966 bits per heavy atom. The zero-order chi connectivity index (χ0) is 20.2. The summed E-state index contributed by atoms with van der Waals surface area (Å²) in [7, 11) is 0. The zero-order valence-electron chi connectivity index (χ0n) is 15.7. The number of carbonyl (C=O) groups excluding carboxylic acids is 2. The number of nitrogens with one attached hydrogen (secondary N) is 1. The summed E-state index contributed by atoms with van der Waals surface area (Å²) in [5, 5.41) is 6.94. The summed E-state index contributed by atoms with van der Waals surface area (Å²) in [5.41, 5.74) is 2.06. The van der Waals surface area contributed by atoms with Gasteiger partial charge in [-0.25, -0.2) is 4.39 Å². The zero-order valence-corrected chi connectivity index (χ0v) is 15.7. The van der Waals surface area contributed by atoms with Crippen molar-refractivity contribution >= 4 is 11.8 Å². The number of H-pyrrole nitrogens is 1. The molecule has 0 radical (unpaired) electrons. The van der Waals surface area contributed by atoms with Crippen molar-refractivity contribution in [2.45, 2.75) is 6.42 Å². The van der Waals surface area contributed by atoms with Gasteiger partial charge in [-0.1, -0.05) is 24.3 Å². The molecule has 1 N–H and O–H groups in total. The first-order valence-electron chi connectivity index (χ1n) is 9.39. The second-order valence-electron chi connectivity index (χ2n) is 6.82. The third kappa shape index (κ3) is 4.16. The van der Waals surface area contributed by atoms with E-state index in [1.807, 2.05) is 18.2 Å². The average molecular weight is 393 g/mol. The van der Waals surface area contributed by atoms with E-state index in [0.29, 0.717) is 48.8 Å². The van der Waals surface area contributed by atoms with Crippen LogP contribution in [0.4, 0.5) is 4.39 Å². The van der Waals surface area contributed by atoms with E-state index in [1.54, 1.807) is 40.3 Å². The molecule has 0 spiro atoms. The molecule has 1 aromatic carbocycles. The molecular formula is C21H20FN5O2. The number of aromatic amines is 1. The van der Waals surface area contributed by atoms with E-state index in [2.05, 4.69) is 15.2 Å². The van der Waals surface area contributed by atoms with E-state index in [1.165, 1.54) is 6.07 Å². The van der Waals surface area contributed by atoms with E-state index in [9.17, 15) is 14.0 Å². The Hall–Kier alpha value is -3.55. The fourth-order valence-corrected chi connectivity index (χ4v) is 3.32. The third-order valence-electron chi connectivity index (χ3n) is 4.95. The van der Waals surface area contributed by atoms with Gasteiger partial charge in [0.05, 0.1) is 12.1 Å². The van der Waals surface area contributed by atoms with Gasteiger partial charge in [-0.15, -0.1) is 0 Å². The summed E-state index contributed by atoms with van der Waals surface area (Å²) in [6.07, 6.45) is 1.69. The Labute approximate surface area is 167 Å². The summed E-state index contributed by atoms with van der Waals surface area (Å²) in [6.45, 7) is 1.67. The highest BCUT2D eigenvalue weighted by Gasteiger charge is 2.26. The number of hydrogen-bond acceptors (Lipinski definition) is 4. The van der Waals surface area contributed by atoms with Gasteiger partial charge in [0.25, 0.3) is 5.91 Å². The number of nitrogens with zero attached hydrogens (tertiary/aromatic N) is 4. The molecule has 7 nitrogen and oxygen atoms in total. The highest BCUT2D eigenvalue weighted by atomic mass is 19.1. The fraction of sp³-hybridized carbons (Fsp3) is 0.238. The van der Waals surface area contributed by atoms with Crippen LogP contribution in [0, 0.1) is 5.82 Å². The van der Waals surface area contributed by atoms with Crippen LogP contribution in [-0.2, 0) is 11.2 Å². The molecule has 0 aliphatic carbocycles. The Balaban J connectivity index is 1.35. The SMILES string of the molecule is O=C(Cc1ccccc1F)N1CCN(C(=O)c2cc(-c3ccccn3)n[nH]2)CC1. The third-order valence-corrected chi connectivity index (χ3v) is 4.95. The average Bonchev–Trinajstić information content (AvgIpc) is 3.26. The molecule has 0 bridgehead atoms. The van der Waals surface area contributed by atoms with E-state index < -0.39 is 0 Å². The van der Waals surface area contributed by atoms with Gasteiger partial charge in [-0.05, 0) is 29.8 Å². The molecule has 148 valence electrons. The number of pyridine rings is 1. The van der Waals surface area contributed by atoms with Gasteiger partial charge in [0.1, 0.15) is 17.2 Å². The topological polar surface area (TPSA) is 82.2 Å². The van der Waals surface area contributed by atoms with Crippen molar-refractivity contribution < 1.29 is 14.0 Å². The number of rotatable bonds is 4. The highest BCUT2D eigenvalue weighted by molar-refractivity contribution is 5.93. The van der Waals surface area contributed by atoms with Crippen molar-refractivity contribution in [3.8, 4) is 11.4 Å². The Morgan fingerprint density at radius 3 is 2.41 bits per heavy atom. The van der Waals surface area contributed by atoms with Gasteiger partial charge in [-0.2, -0.15) is 5.10 Å². The van der Waals surface area contributed by atoms with Crippen molar-refractivity contribution in [1.29, 1.82) is 0 Å². The molecule has 3 aromatic rings. The van der Waals surface area contributed by atoms with E-state index in [0.717, 1.165) is 0 Å². The normalized spacial score (nSPS) is 14.1. The van der Waals surface area contributed by atoms with Crippen LogP contribution in [0.3, 0.4) is 0 Å². The first kappa shape index (κ1) is 18.8. The number of aromatic nitrogens is 3. The van der Waals surface area contributed by atoms with Crippen LogP contribution in [0.5, 0.6) is 0 Å². The van der Waals surface area contributed by atoms with Crippen LogP contribution in [-0.4, -0.2) is 63.0 Å². The second-order valence-corrected chi connectivity index (χ2v) is 6.82. The summed E-state index contributed by atoms with van der Waals surface area (Å²) in [5.74, 6) is -0.681. The minimum Gasteiger partial charge on any atom is -0.339 e. The molecule has 2 amide bonds. The van der Waals surface area contributed by atoms with Gasteiger partial charge < -0.3 is 9.80 Å². The molecular weight excluding hydrogens is 373 g/mol. The first-order chi connectivity index (χ1) is 14.1. The van der Waals surface area contributed by atoms with Crippen LogP contribution >= 0.6 is 0 Å². The largest absolute Gasteiger partial charge is 0.339 e. The second kappa shape index (κ2) is 8.22. The number of carbonyl (C=O) groups is 2. The number of piperazine rings is 1. The molecule has 8 heteroatoms. The first-order valence-corrected chi connectivity index (χ1v) is 9.39. The van der Waals surface area contributed by atoms with Gasteiger partial charge >= 0.3 is 0 Å². The number of amides is 2. The molecule has 3 heterocycles. The van der Waals surface area contributed by atoms with E-state index in [-0.39, 0.29) is 24.1 Å². The van der Waals surface area contributed by atoms with Crippen molar-refractivity contribution in [3.05, 3.63) is 71.8 Å². The van der Waals surface area contributed by atoms with E-state index >= 15 is 0 Å². The molecule has 29 heavy (non-hydrogen) atoms. The molecule has 4 rings (SSSR count). The molecule has 1 fully saturated rings. The lowest BCUT2D eigenvalue weighted by Gasteiger charge is -2.34. The van der Waals surface area contributed by atoms with Crippen molar-refractivity contribution in [3.63, 3.8) is 0 Å². The van der Waals surface area contributed by atoms with Crippen LogP contribution in [0.15, 0.2) is 54.7 Å². The lowest BCUT2D eigenvalue weighted by atomic mass is 10.1. The summed E-state index contributed by atoms with van der Waals surface area (Å²) < 4.78 is 13.8.